The van der Waals surface area contributed by atoms with E-state index in [4.69, 9.17) is 0 Å². The molecule has 13 heavy (non-hydrogen) atoms. The predicted molar refractivity (Wildman–Crippen MR) is 60.1 cm³/mol. The van der Waals surface area contributed by atoms with Crippen molar-refractivity contribution < 1.29 is 0 Å². The van der Waals surface area contributed by atoms with Gasteiger partial charge in [-0.05, 0) is 6.42 Å². The Kier molecular flexibility index (Phi) is 3.09. The van der Waals surface area contributed by atoms with Crippen LogP contribution in [-0.4, -0.2) is 14.1 Å². The van der Waals surface area contributed by atoms with Crippen molar-refractivity contribution in [1.82, 2.24) is 0 Å². The highest BCUT2D eigenvalue weighted by molar-refractivity contribution is 6.73. The standard InChI is InChI=1S/C9H10.C3H7.Al/c1-2-6-9-7-4-3-5-8-9;1-3-2;/h3-5,7H,1-2,6H2;1,3H2,2H3;. The average molecular weight is 188 g/mol. The second kappa shape index (κ2) is 4.31. The largest absolute Gasteiger partial charge is 0.306 e. The molecule has 1 aromatic carbocycles. The van der Waals surface area contributed by atoms with Crippen molar-refractivity contribution in [3.63, 3.8) is 0 Å². The fourth-order valence-electron chi connectivity index (χ4n) is 2.50. The topological polar surface area (TPSA) is 0 Å². The first-order valence-corrected chi connectivity index (χ1v) is 7.70. The zero-order chi connectivity index (χ0) is 9.10. The highest BCUT2D eigenvalue weighted by Gasteiger charge is 2.24. The molecule has 0 unspecified atom stereocenters. The van der Waals surface area contributed by atoms with Crippen LogP contribution in [-0.2, 0) is 6.42 Å². The fourth-order valence-corrected chi connectivity index (χ4v) is 5.96. The third-order valence-electron chi connectivity index (χ3n) is 3.13. The van der Waals surface area contributed by atoms with E-state index in [2.05, 4.69) is 31.2 Å². The number of rotatable bonds is 2. The van der Waals surface area contributed by atoms with E-state index in [9.17, 15) is 0 Å². The number of aryl methyl sites for hydroxylation is 1. The Hall–Kier alpha value is -0.248. The van der Waals surface area contributed by atoms with Crippen LogP contribution < -0.4 is 4.43 Å². The molecule has 0 N–H and O–H groups in total. The molecule has 0 saturated heterocycles. The van der Waals surface area contributed by atoms with E-state index in [0.29, 0.717) is 0 Å². The molecule has 0 spiro atoms. The fraction of sp³-hybridized carbons (Fsp3) is 0.500. The quantitative estimate of drug-likeness (QED) is 0.626. The summed E-state index contributed by atoms with van der Waals surface area (Å²) in [5.74, 6) is 0. The summed E-state index contributed by atoms with van der Waals surface area (Å²) in [7, 11) is 0. The highest BCUT2D eigenvalue weighted by atomic mass is 27.2. The van der Waals surface area contributed by atoms with Crippen LogP contribution in [0.5, 0.6) is 0 Å². The molecule has 0 fully saturated rings. The Morgan fingerprint density at radius 1 is 1.31 bits per heavy atom. The number of fused-ring (bicyclic) bond motifs is 1. The lowest BCUT2D eigenvalue weighted by molar-refractivity contribution is 0.886. The maximum Gasteiger partial charge on any atom is 0.306 e. The normalized spacial score (nSPS) is 15.6. The molecule has 1 aliphatic heterocycles. The van der Waals surface area contributed by atoms with E-state index in [1.54, 1.807) is 15.3 Å². The van der Waals surface area contributed by atoms with Crippen LogP contribution in [0.2, 0.25) is 10.6 Å². The van der Waals surface area contributed by atoms with Crippen LogP contribution in [0.15, 0.2) is 24.3 Å². The lowest BCUT2D eigenvalue weighted by atomic mass is 10.1. The Balaban J connectivity index is 2.26. The van der Waals surface area contributed by atoms with E-state index in [1.165, 1.54) is 24.5 Å². The van der Waals surface area contributed by atoms with Crippen molar-refractivity contribution in [3.8, 4) is 0 Å². The molecule has 0 aromatic heterocycles. The van der Waals surface area contributed by atoms with Gasteiger partial charge in [0, 0.05) is 0 Å². The van der Waals surface area contributed by atoms with Gasteiger partial charge < -0.3 is 0 Å². The van der Waals surface area contributed by atoms with E-state index in [-0.39, 0.29) is 0 Å². The molecule has 0 saturated carbocycles. The minimum atomic E-state index is -0.524. The molecule has 0 nitrogen and oxygen atoms in total. The van der Waals surface area contributed by atoms with E-state index >= 15 is 0 Å². The van der Waals surface area contributed by atoms with Gasteiger partial charge in [0.25, 0.3) is 0 Å². The van der Waals surface area contributed by atoms with Crippen molar-refractivity contribution in [2.75, 3.05) is 0 Å². The first-order valence-electron chi connectivity index (χ1n) is 5.49. The van der Waals surface area contributed by atoms with Crippen molar-refractivity contribution in [3.05, 3.63) is 29.8 Å². The summed E-state index contributed by atoms with van der Waals surface area (Å²) in [6, 6.07) is 9.15. The molecule has 0 aliphatic carbocycles. The lowest BCUT2D eigenvalue weighted by Gasteiger charge is -2.21. The Morgan fingerprint density at radius 3 is 3.00 bits per heavy atom. The van der Waals surface area contributed by atoms with Gasteiger partial charge in [-0.3, -0.25) is 0 Å². The van der Waals surface area contributed by atoms with Crippen LogP contribution in [0.4, 0.5) is 0 Å². The summed E-state index contributed by atoms with van der Waals surface area (Å²) in [5.41, 5.74) is 1.67. The maximum absolute atomic E-state index is 2.39. The van der Waals surface area contributed by atoms with Crippen molar-refractivity contribution in [2.45, 2.75) is 36.8 Å². The van der Waals surface area contributed by atoms with Gasteiger partial charge in [0.2, 0.25) is 0 Å². The number of hydrogen-bond acceptors (Lipinski definition) is 0. The van der Waals surface area contributed by atoms with E-state index in [1.807, 2.05) is 0 Å². The molecule has 0 bridgehead atoms. The van der Waals surface area contributed by atoms with Crippen molar-refractivity contribution >= 4 is 18.6 Å². The summed E-state index contributed by atoms with van der Waals surface area (Å²) in [6.07, 6.45) is 4.17. The Labute approximate surface area is 85.4 Å². The van der Waals surface area contributed by atoms with Crippen molar-refractivity contribution in [1.29, 1.82) is 0 Å². The van der Waals surface area contributed by atoms with Crippen LogP contribution in [0, 0.1) is 0 Å². The SMILES string of the molecule is CC[CH2][Al]1[CH2]CCc2cccc[c]21. The molecular formula is C12H17Al. The monoisotopic (exact) mass is 188 g/mol. The molecule has 1 heterocycles. The summed E-state index contributed by atoms with van der Waals surface area (Å²) >= 11 is -0.524. The Morgan fingerprint density at radius 2 is 2.15 bits per heavy atom. The zero-order valence-electron chi connectivity index (χ0n) is 8.42. The van der Waals surface area contributed by atoms with Crippen molar-refractivity contribution in [2.24, 2.45) is 0 Å². The van der Waals surface area contributed by atoms with Gasteiger partial charge in [-0.15, -0.1) is 4.43 Å². The molecule has 0 amide bonds. The van der Waals surface area contributed by atoms with Crippen LogP contribution in [0.1, 0.15) is 25.3 Å². The second-order valence-electron chi connectivity index (χ2n) is 4.08. The second-order valence-corrected chi connectivity index (χ2v) is 7.25. The summed E-state index contributed by atoms with van der Waals surface area (Å²) in [4.78, 5) is 0. The van der Waals surface area contributed by atoms with Gasteiger partial charge in [-0.2, -0.15) is 0 Å². The average Bonchev–Trinajstić information content (AvgIpc) is 2.19. The smallest absolute Gasteiger partial charge is 0.107 e. The van der Waals surface area contributed by atoms with Crippen LogP contribution in [0.3, 0.4) is 0 Å². The molecule has 0 radical (unpaired) electrons. The molecule has 1 aromatic rings. The number of benzene rings is 1. The molecular weight excluding hydrogens is 171 g/mol. The molecule has 0 atom stereocenters. The van der Waals surface area contributed by atoms with Gasteiger partial charge in [0.05, 0.1) is 0 Å². The summed E-state index contributed by atoms with van der Waals surface area (Å²) in [5, 5.41) is 3.06. The summed E-state index contributed by atoms with van der Waals surface area (Å²) < 4.78 is 1.77. The van der Waals surface area contributed by atoms with Gasteiger partial charge in [0.1, 0.15) is 0 Å². The van der Waals surface area contributed by atoms with Crippen LogP contribution in [0.25, 0.3) is 0 Å². The van der Waals surface area contributed by atoms with Gasteiger partial charge in [-0.1, -0.05) is 60.2 Å². The van der Waals surface area contributed by atoms with E-state index in [0.717, 1.165) is 0 Å². The molecule has 1 aliphatic rings. The minimum absolute atomic E-state index is 0.524. The molecule has 68 valence electrons. The third kappa shape index (κ3) is 1.98. The van der Waals surface area contributed by atoms with E-state index < -0.39 is 14.1 Å². The zero-order valence-corrected chi connectivity index (χ0v) is 9.58. The lowest BCUT2D eigenvalue weighted by Crippen LogP contribution is -2.35. The molecule has 2 rings (SSSR count). The van der Waals surface area contributed by atoms with Gasteiger partial charge >= 0.3 is 14.1 Å². The highest BCUT2D eigenvalue weighted by Crippen LogP contribution is 2.17. The van der Waals surface area contributed by atoms with Gasteiger partial charge in [0.15, 0.2) is 0 Å². The predicted octanol–water partition coefficient (Wildman–Crippen LogP) is 2.74. The van der Waals surface area contributed by atoms with Crippen LogP contribution >= 0.6 is 0 Å². The Bertz CT molecular complexity index is 280. The molecule has 1 heteroatoms. The van der Waals surface area contributed by atoms with Gasteiger partial charge in [-0.25, -0.2) is 0 Å². The minimum Gasteiger partial charge on any atom is -0.107 e. The third-order valence-corrected chi connectivity index (χ3v) is 6.95. The number of hydrogen-bond donors (Lipinski definition) is 0. The first-order chi connectivity index (χ1) is 6.42. The maximum atomic E-state index is 2.39. The first kappa shape index (κ1) is 9.31. The summed E-state index contributed by atoms with van der Waals surface area (Å²) in [6.45, 7) is 2.32.